The predicted molar refractivity (Wildman–Crippen MR) is 131 cm³/mol. The van der Waals surface area contributed by atoms with Gasteiger partial charge in [-0.2, -0.15) is 0 Å². The highest BCUT2D eigenvalue weighted by Crippen LogP contribution is 2.25. The van der Waals surface area contributed by atoms with Gasteiger partial charge >= 0.3 is 0 Å². The predicted octanol–water partition coefficient (Wildman–Crippen LogP) is 4.89. The molecule has 0 spiro atoms. The summed E-state index contributed by atoms with van der Waals surface area (Å²) >= 11 is 1.45. The lowest BCUT2D eigenvalue weighted by Crippen LogP contribution is -2.33. The molecular formula is C26H33N3O2S. The molecule has 2 amide bonds. The Morgan fingerprint density at radius 2 is 1.75 bits per heavy atom. The van der Waals surface area contributed by atoms with Crippen molar-refractivity contribution >= 4 is 29.3 Å². The zero-order valence-corrected chi connectivity index (χ0v) is 19.7. The van der Waals surface area contributed by atoms with Gasteiger partial charge in [0.05, 0.1) is 11.3 Å². The Kier molecular flexibility index (Phi) is 7.87. The summed E-state index contributed by atoms with van der Waals surface area (Å²) in [4.78, 5) is 30.6. The maximum absolute atomic E-state index is 12.9. The van der Waals surface area contributed by atoms with E-state index >= 15 is 0 Å². The molecule has 1 atom stereocenters. The van der Waals surface area contributed by atoms with Crippen LogP contribution in [0.1, 0.15) is 48.5 Å². The first kappa shape index (κ1) is 22.9. The molecule has 170 valence electrons. The van der Waals surface area contributed by atoms with Crippen LogP contribution in [0, 0.1) is 5.92 Å². The first-order valence-electron chi connectivity index (χ1n) is 11.7. The lowest BCUT2D eigenvalue weighted by atomic mass is 10.00. The Labute approximate surface area is 195 Å². The van der Waals surface area contributed by atoms with Crippen molar-refractivity contribution in [3.63, 3.8) is 0 Å². The summed E-state index contributed by atoms with van der Waals surface area (Å²) in [5.41, 5.74) is 2.67. The fourth-order valence-corrected chi connectivity index (χ4v) is 5.51. The third kappa shape index (κ3) is 6.14. The summed E-state index contributed by atoms with van der Waals surface area (Å²) in [5.74, 6) is 1.15. The molecule has 6 heteroatoms. The van der Waals surface area contributed by atoms with Gasteiger partial charge in [0.2, 0.25) is 5.91 Å². The molecule has 32 heavy (non-hydrogen) atoms. The van der Waals surface area contributed by atoms with Crippen LogP contribution in [-0.4, -0.2) is 53.5 Å². The minimum atomic E-state index is -0.140. The van der Waals surface area contributed by atoms with Crippen LogP contribution in [0.3, 0.4) is 0 Å². The van der Waals surface area contributed by atoms with E-state index in [4.69, 9.17) is 0 Å². The Hall–Kier alpha value is -2.31. The number of likely N-dealkylation sites (tertiary alicyclic amines) is 2. The molecule has 0 aromatic heterocycles. The van der Waals surface area contributed by atoms with Gasteiger partial charge in [-0.05, 0) is 68.0 Å². The van der Waals surface area contributed by atoms with E-state index in [0.29, 0.717) is 11.3 Å². The summed E-state index contributed by atoms with van der Waals surface area (Å²) in [6.45, 7) is 7.32. The Morgan fingerprint density at radius 3 is 2.50 bits per heavy atom. The van der Waals surface area contributed by atoms with Gasteiger partial charge in [-0.15, -0.1) is 11.8 Å². The smallest absolute Gasteiger partial charge is 0.256 e. The molecular weight excluding hydrogens is 418 g/mol. The van der Waals surface area contributed by atoms with Crippen LogP contribution in [-0.2, 0) is 11.3 Å². The number of carbonyl (C=O) groups is 2. The van der Waals surface area contributed by atoms with Gasteiger partial charge in [0.1, 0.15) is 0 Å². The number of nitrogens with zero attached hydrogens (tertiary/aromatic N) is 2. The van der Waals surface area contributed by atoms with Crippen molar-refractivity contribution in [2.45, 2.75) is 44.0 Å². The highest BCUT2D eigenvalue weighted by molar-refractivity contribution is 8.00. The number of anilines is 1. The molecule has 2 heterocycles. The van der Waals surface area contributed by atoms with Crippen molar-refractivity contribution in [2.24, 2.45) is 5.92 Å². The van der Waals surface area contributed by atoms with E-state index in [1.54, 1.807) is 0 Å². The van der Waals surface area contributed by atoms with Crippen molar-refractivity contribution in [1.29, 1.82) is 0 Å². The quantitative estimate of drug-likeness (QED) is 0.609. The number of thioether (sulfide) groups is 1. The van der Waals surface area contributed by atoms with E-state index in [0.717, 1.165) is 62.1 Å². The second-order valence-electron chi connectivity index (χ2n) is 9.01. The van der Waals surface area contributed by atoms with Gasteiger partial charge in [-0.1, -0.05) is 31.2 Å². The van der Waals surface area contributed by atoms with Gasteiger partial charge in [0.15, 0.2) is 0 Å². The topological polar surface area (TPSA) is 52.7 Å². The molecule has 0 aliphatic carbocycles. The highest BCUT2D eigenvalue weighted by atomic mass is 32.2. The van der Waals surface area contributed by atoms with Crippen LogP contribution in [0.15, 0.2) is 53.4 Å². The maximum Gasteiger partial charge on any atom is 0.256 e. The van der Waals surface area contributed by atoms with E-state index in [2.05, 4.69) is 29.3 Å². The number of benzene rings is 2. The molecule has 1 unspecified atom stereocenters. The van der Waals surface area contributed by atoms with Gasteiger partial charge in [0.25, 0.3) is 5.91 Å². The van der Waals surface area contributed by atoms with E-state index < -0.39 is 0 Å². The van der Waals surface area contributed by atoms with Crippen LogP contribution >= 0.6 is 11.8 Å². The van der Waals surface area contributed by atoms with Crippen molar-refractivity contribution in [1.82, 2.24) is 9.80 Å². The number of nitrogens with one attached hydrogen (secondary N) is 1. The average molecular weight is 452 g/mol. The van der Waals surface area contributed by atoms with Gasteiger partial charge in [-0.25, -0.2) is 0 Å². The molecule has 2 aliphatic rings. The van der Waals surface area contributed by atoms with Gasteiger partial charge in [-0.3, -0.25) is 14.5 Å². The van der Waals surface area contributed by atoms with Crippen LogP contribution in [0.2, 0.25) is 0 Å². The Balaban J connectivity index is 1.33. The second kappa shape index (κ2) is 11.0. The first-order chi connectivity index (χ1) is 15.6. The average Bonchev–Trinajstić information content (AvgIpc) is 3.34. The molecule has 0 bridgehead atoms. The van der Waals surface area contributed by atoms with Crippen molar-refractivity contribution < 1.29 is 9.59 Å². The maximum atomic E-state index is 12.9. The molecule has 2 saturated heterocycles. The zero-order valence-electron chi connectivity index (χ0n) is 18.9. The van der Waals surface area contributed by atoms with E-state index in [1.165, 1.54) is 30.2 Å². The lowest BCUT2D eigenvalue weighted by molar-refractivity contribution is -0.127. The number of piperidine rings is 1. The molecule has 4 rings (SSSR count). The summed E-state index contributed by atoms with van der Waals surface area (Å²) in [6.07, 6.45) is 4.78. The van der Waals surface area contributed by atoms with Crippen LogP contribution in [0.25, 0.3) is 0 Å². The van der Waals surface area contributed by atoms with Crippen molar-refractivity contribution in [3.05, 3.63) is 59.7 Å². The number of carbonyl (C=O) groups excluding carboxylic acids is 2. The zero-order chi connectivity index (χ0) is 22.3. The minimum Gasteiger partial charge on any atom is -0.342 e. The molecule has 0 saturated carbocycles. The molecule has 2 aromatic rings. The van der Waals surface area contributed by atoms with E-state index in [9.17, 15) is 9.59 Å². The van der Waals surface area contributed by atoms with Crippen molar-refractivity contribution in [2.75, 3.05) is 37.2 Å². The van der Waals surface area contributed by atoms with E-state index in [1.807, 2.05) is 41.3 Å². The van der Waals surface area contributed by atoms with Crippen molar-refractivity contribution in [3.8, 4) is 0 Å². The first-order valence-corrected chi connectivity index (χ1v) is 12.7. The van der Waals surface area contributed by atoms with Crippen LogP contribution < -0.4 is 5.32 Å². The molecule has 2 aliphatic heterocycles. The van der Waals surface area contributed by atoms with Gasteiger partial charge in [0, 0.05) is 36.8 Å². The Morgan fingerprint density at radius 1 is 1.00 bits per heavy atom. The fraction of sp³-hybridized carbons (Fsp3) is 0.462. The summed E-state index contributed by atoms with van der Waals surface area (Å²) < 4.78 is 0. The third-order valence-electron chi connectivity index (χ3n) is 6.30. The monoisotopic (exact) mass is 451 g/mol. The minimum absolute atomic E-state index is 0.140. The fourth-order valence-electron chi connectivity index (χ4n) is 4.56. The van der Waals surface area contributed by atoms with Crippen LogP contribution in [0.4, 0.5) is 5.69 Å². The highest BCUT2D eigenvalue weighted by Gasteiger charge is 2.20. The van der Waals surface area contributed by atoms with E-state index in [-0.39, 0.29) is 11.8 Å². The molecule has 2 fully saturated rings. The summed E-state index contributed by atoms with van der Waals surface area (Å²) in [5, 5.41) is 3.02. The largest absolute Gasteiger partial charge is 0.342 e. The van der Waals surface area contributed by atoms with Crippen LogP contribution in [0.5, 0.6) is 0 Å². The number of hydrogen-bond donors (Lipinski definition) is 1. The number of amides is 2. The molecule has 5 nitrogen and oxygen atoms in total. The lowest BCUT2D eigenvalue weighted by Gasteiger charge is -2.30. The Bertz CT molecular complexity index is 925. The molecule has 2 aromatic carbocycles. The summed E-state index contributed by atoms with van der Waals surface area (Å²) in [6, 6.07) is 15.7. The number of hydrogen-bond acceptors (Lipinski definition) is 4. The summed E-state index contributed by atoms with van der Waals surface area (Å²) in [7, 11) is 0. The normalized spacial score (nSPS) is 19.2. The molecule has 1 N–H and O–H groups in total. The second-order valence-corrected chi connectivity index (χ2v) is 10.0. The SMILES string of the molecule is CC1CCCN(Cc2ccc(NC(=O)c3ccccc3SCC(=O)N3CCCC3)cc2)C1. The number of rotatable bonds is 7. The molecule has 0 radical (unpaired) electrons. The standard InChI is InChI=1S/C26H33N3O2S/c1-20-7-6-14-28(17-20)18-21-10-12-22(13-11-21)27-26(31)23-8-2-3-9-24(23)32-19-25(30)29-15-4-5-16-29/h2-3,8-13,20H,4-7,14-19H2,1H3,(H,27,31). The third-order valence-corrected chi connectivity index (χ3v) is 7.36. The van der Waals surface area contributed by atoms with Gasteiger partial charge < -0.3 is 10.2 Å².